The topological polar surface area (TPSA) is 98.8 Å². The van der Waals surface area contributed by atoms with Crippen LogP contribution in [0, 0.1) is 0 Å². The van der Waals surface area contributed by atoms with Gasteiger partial charge in [0.2, 0.25) is 5.91 Å². The molecule has 1 N–H and O–H groups in total. The highest BCUT2D eigenvalue weighted by atomic mass is 32.2. The second kappa shape index (κ2) is 7.65. The normalized spacial score (nSPS) is 13.0. The lowest BCUT2D eigenvalue weighted by Gasteiger charge is -2.24. The van der Waals surface area contributed by atoms with Gasteiger partial charge in [-0.15, -0.1) is 0 Å². The van der Waals surface area contributed by atoms with E-state index in [1.807, 2.05) is 0 Å². The summed E-state index contributed by atoms with van der Waals surface area (Å²) in [7, 11) is -3.59. The van der Waals surface area contributed by atoms with Crippen molar-refractivity contribution in [2.24, 2.45) is 0 Å². The third-order valence-corrected chi connectivity index (χ3v) is 3.17. The molecule has 1 aromatic rings. The maximum absolute atomic E-state index is 12.2. The Morgan fingerprint density at radius 2 is 1.71 bits per heavy atom. The van der Waals surface area contributed by atoms with Gasteiger partial charge in [-0.3, -0.25) is 4.79 Å². The van der Waals surface area contributed by atoms with Crippen molar-refractivity contribution in [2.45, 2.75) is 45.8 Å². The molecule has 0 aliphatic heterocycles. The molecule has 0 heterocycles. The highest BCUT2D eigenvalue weighted by Gasteiger charge is 2.26. The Labute approximate surface area is 142 Å². The first kappa shape index (κ1) is 20.0. The molecule has 0 bridgehead atoms. The first-order valence-electron chi connectivity index (χ1n) is 7.34. The molecule has 1 aromatic carbocycles. The zero-order valence-electron chi connectivity index (χ0n) is 14.5. The van der Waals surface area contributed by atoms with Crippen LogP contribution in [0.1, 0.15) is 33.3 Å². The molecule has 0 aliphatic carbocycles. The lowest BCUT2D eigenvalue weighted by atomic mass is 10.1. The molecule has 0 aromatic heterocycles. The number of amides is 1. The van der Waals surface area contributed by atoms with E-state index < -0.39 is 27.7 Å². The van der Waals surface area contributed by atoms with E-state index in [-0.39, 0.29) is 18.1 Å². The first-order valence-corrected chi connectivity index (χ1v) is 9.16. The standard InChI is InChI=1S/C16H23NO6S/c1-11(18)17-14(15(19)22-16(2,3)4)10-12-6-8-13(9-7-12)23-24(5,20)21/h6-9,14H,10H2,1-5H3,(H,17,18). The van der Waals surface area contributed by atoms with Gasteiger partial charge in [0.1, 0.15) is 17.4 Å². The van der Waals surface area contributed by atoms with E-state index in [2.05, 4.69) is 5.32 Å². The van der Waals surface area contributed by atoms with E-state index in [0.717, 1.165) is 11.8 Å². The van der Waals surface area contributed by atoms with Crippen molar-refractivity contribution in [3.8, 4) is 5.75 Å². The Bertz CT molecular complexity index is 688. The number of carbonyl (C=O) groups excluding carboxylic acids is 2. The van der Waals surface area contributed by atoms with Crippen LogP contribution in [0.3, 0.4) is 0 Å². The van der Waals surface area contributed by atoms with E-state index in [0.29, 0.717) is 0 Å². The van der Waals surface area contributed by atoms with Gasteiger partial charge < -0.3 is 14.2 Å². The number of esters is 1. The predicted molar refractivity (Wildman–Crippen MR) is 89.1 cm³/mol. The van der Waals surface area contributed by atoms with Gasteiger partial charge in [0.25, 0.3) is 0 Å². The van der Waals surface area contributed by atoms with Gasteiger partial charge in [0.05, 0.1) is 6.26 Å². The lowest BCUT2D eigenvalue weighted by molar-refractivity contribution is -0.158. The average molecular weight is 357 g/mol. The summed E-state index contributed by atoms with van der Waals surface area (Å²) in [4.78, 5) is 23.5. The van der Waals surface area contributed by atoms with E-state index >= 15 is 0 Å². The molecular formula is C16H23NO6S. The van der Waals surface area contributed by atoms with E-state index in [1.54, 1.807) is 32.9 Å². The van der Waals surface area contributed by atoms with E-state index in [9.17, 15) is 18.0 Å². The molecule has 0 fully saturated rings. The number of hydrogen-bond acceptors (Lipinski definition) is 6. The van der Waals surface area contributed by atoms with Gasteiger partial charge in [-0.05, 0) is 38.5 Å². The third-order valence-electron chi connectivity index (χ3n) is 2.68. The van der Waals surface area contributed by atoms with Crippen LogP contribution in [-0.4, -0.2) is 38.2 Å². The minimum absolute atomic E-state index is 0.176. The molecule has 1 unspecified atom stereocenters. The first-order chi connectivity index (χ1) is 10.9. The fourth-order valence-corrected chi connectivity index (χ4v) is 2.36. The summed E-state index contributed by atoms with van der Waals surface area (Å²) >= 11 is 0. The summed E-state index contributed by atoms with van der Waals surface area (Å²) in [6, 6.07) is 5.38. The summed E-state index contributed by atoms with van der Waals surface area (Å²) < 4.78 is 32.2. The minimum atomic E-state index is -3.59. The van der Waals surface area contributed by atoms with Crippen molar-refractivity contribution in [2.75, 3.05) is 6.26 Å². The quantitative estimate of drug-likeness (QED) is 0.610. The fourth-order valence-electron chi connectivity index (χ4n) is 1.90. The summed E-state index contributed by atoms with van der Waals surface area (Å²) in [5, 5.41) is 2.56. The Morgan fingerprint density at radius 3 is 2.12 bits per heavy atom. The van der Waals surface area contributed by atoms with Crippen LogP contribution < -0.4 is 9.50 Å². The van der Waals surface area contributed by atoms with Crippen molar-refractivity contribution in [3.05, 3.63) is 29.8 Å². The van der Waals surface area contributed by atoms with Crippen LogP contribution in [0.5, 0.6) is 5.75 Å². The molecule has 0 radical (unpaired) electrons. The zero-order chi connectivity index (χ0) is 18.5. The van der Waals surface area contributed by atoms with Crippen LogP contribution in [0.15, 0.2) is 24.3 Å². The van der Waals surface area contributed by atoms with Crippen molar-refractivity contribution >= 4 is 22.0 Å². The van der Waals surface area contributed by atoms with Crippen molar-refractivity contribution in [1.29, 1.82) is 0 Å². The van der Waals surface area contributed by atoms with Gasteiger partial charge in [0.15, 0.2) is 0 Å². The summed E-state index contributed by atoms with van der Waals surface area (Å²) in [5.74, 6) is -0.702. The summed E-state index contributed by atoms with van der Waals surface area (Å²) in [5.41, 5.74) is 0.0570. The maximum Gasteiger partial charge on any atom is 0.329 e. The lowest BCUT2D eigenvalue weighted by Crippen LogP contribution is -2.44. The SMILES string of the molecule is CC(=O)NC(Cc1ccc(OS(C)(=O)=O)cc1)C(=O)OC(C)(C)C. The molecule has 8 heteroatoms. The molecule has 1 rings (SSSR count). The molecule has 0 spiro atoms. The fraction of sp³-hybridized carbons (Fsp3) is 0.500. The number of ether oxygens (including phenoxy) is 1. The third kappa shape index (κ3) is 7.96. The number of benzene rings is 1. The second-order valence-corrected chi connectivity index (χ2v) is 8.00. The van der Waals surface area contributed by atoms with Gasteiger partial charge in [-0.25, -0.2) is 4.79 Å². The highest BCUT2D eigenvalue weighted by molar-refractivity contribution is 7.86. The van der Waals surface area contributed by atoms with Gasteiger partial charge >= 0.3 is 16.1 Å². The Kier molecular flexibility index (Phi) is 6.36. The molecule has 0 aliphatic rings. The highest BCUT2D eigenvalue weighted by Crippen LogP contribution is 2.16. The van der Waals surface area contributed by atoms with E-state index in [4.69, 9.17) is 8.92 Å². The van der Waals surface area contributed by atoms with Gasteiger partial charge in [0, 0.05) is 13.3 Å². The molecule has 134 valence electrons. The van der Waals surface area contributed by atoms with E-state index in [1.165, 1.54) is 19.1 Å². The molecule has 1 atom stereocenters. The summed E-state index contributed by atoms with van der Waals surface area (Å²) in [6.45, 7) is 6.55. The largest absolute Gasteiger partial charge is 0.458 e. The zero-order valence-corrected chi connectivity index (χ0v) is 15.3. The monoisotopic (exact) mass is 357 g/mol. The number of hydrogen-bond donors (Lipinski definition) is 1. The molecule has 1 amide bonds. The average Bonchev–Trinajstić information content (AvgIpc) is 2.36. The summed E-state index contributed by atoms with van der Waals surface area (Å²) in [6.07, 6.45) is 1.17. The van der Waals surface area contributed by atoms with Crippen LogP contribution >= 0.6 is 0 Å². The van der Waals surface area contributed by atoms with Crippen molar-refractivity contribution in [3.63, 3.8) is 0 Å². The van der Waals surface area contributed by atoms with Crippen LogP contribution in [-0.2, 0) is 30.9 Å². The van der Waals surface area contributed by atoms with Crippen LogP contribution in [0.25, 0.3) is 0 Å². The maximum atomic E-state index is 12.2. The molecule has 24 heavy (non-hydrogen) atoms. The molecule has 7 nitrogen and oxygen atoms in total. The Hall–Kier alpha value is -2.09. The number of rotatable bonds is 6. The smallest absolute Gasteiger partial charge is 0.329 e. The van der Waals surface area contributed by atoms with Crippen LogP contribution in [0.4, 0.5) is 0 Å². The van der Waals surface area contributed by atoms with Crippen LogP contribution in [0.2, 0.25) is 0 Å². The molecule has 0 saturated heterocycles. The Balaban J connectivity index is 2.86. The Morgan fingerprint density at radius 1 is 1.17 bits per heavy atom. The molecule has 0 saturated carbocycles. The minimum Gasteiger partial charge on any atom is -0.458 e. The van der Waals surface area contributed by atoms with Crippen molar-refractivity contribution < 1.29 is 26.9 Å². The number of nitrogens with one attached hydrogen (secondary N) is 1. The molecular weight excluding hydrogens is 334 g/mol. The van der Waals surface area contributed by atoms with Gasteiger partial charge in [-0.1, -0.05) is 12.1 Å². The number of carbonyl (C=O) groups is 2. The predicted octanol–water partition coefficient (Wildman–Crippen LogP) is 1.41. The van der Waals surface area contributed by atoms with Crippen molar-refractivity contribution in [1.82, 2.24) is 5.32 Å². The van der Waals surface area contributed by atoms with Gasteiger partial charge in [-0.2, -0.15) is 8.42 Å². The second-order valence-electron chi connectivity index (χ2n) is 6.42.